The van der Waals surface area contributed by atoms with Crippen LogP contribution in [0.15, 0.2) is 30.3 Å². The Bertz CT molecular complexity index is 772. The molecule has 1 aromatic carbocycles. The van der Waals surface area contributed by atoms with Crippen LogP contribution in [-0.2, 0) is 0 Å². The Morgan fingerprint density at radius 2 is 1.76 bits per heavy atom. The van der Waals surface area contributed by atoms with Gasteiger partial charge in [-0.25, -0.2) is 9.97 Å². The molecule has 2 heterocycles. The Morgan fingerprint density at radius 1 is 1.12 bits per heavy atom. The number of benzene rings is 1. The molecule has 5 heteroatoms. The molecule has 0 bridgehead atoms. The molecule has 0 amide bonds. The lowest BCUT2D eigenvalue weighted by molar-refractivity contribution is 0.113. The van der Waals surface area contributed by atoms with Gasteiger partial charge in [0, 0.05) is 36.5 Å². The second kappa shape index (κ2) is 5.78. The van der Waals surface area contributed by atoms with Gasteiger partial charge in [0.2, 0.25) is 5.95 Å². The second-order valence-electron chi connectivity index (χ2n) is 7.51. The van der Waals surface area contributed by atoms with Gasteiger partial charge in [-0.1, -0.05) is 30.3 Å². The van der Waals surface area contributed by atoms with Gasteiger partial charge in [-0.15, -0.1) is 0 Å². The number of β-amino-alcohol motifs (C(OH)–C–C–N with tert-alkyl or cyclic N) is 1. The Labute approximate surface area is 148 Å². The number of aliphatic hydroxyl groups is 2. The zero-order valence-electron chi connectivity index (χ0n) is 15.0. The first-order chi connectivity index (χ1) is 12.0. The Morgan fingerprint density at radius 3 is 2.36 bits per heavy atom. The third kappa shape index (κ3) is 2.37. The Hall–Kier alpha value is -1.98. The molecular weight excluding hydrogens is 314 g/mol. The SMILES string of the molecule is Cc1nc(N2C[C@@H](O)[C@@]3(C2)[C@H](CO)[C@H]3c2ccccc2)nc(C)c1C. The monoisotopic (exact) mass is 339 g/mol. The van der Waals surface area contributed by atoms with Gasteiger partial charge < -0.3 is 15.1 Å². The van der Waals surface area contributed by atoms with Crippen molar-refractivity contribution in [3.63, 3.8) is 0 Å². The summed E-state index contributed by atoms with van der Waals surface area (Å²) < 4.78 is 0. The predicted octanol–water partition coefficient (Wildman–Crippen LogP) is 1.98. The van der Waals surface area contributed by atoms with E-state index in [2.05, 4.69) is 27.0 Å². The molecule has 0 radical (unpaired) electrons. The summed E-state index contributed by atoms with van der Waals surface area (Å²) in [6, 6.07) is 10.2. The summed E-state index contributed by atoms with van der Waals surface area (Å²) in [6.45, 7) is 7.31. The van der Waals surface area contributed by atoms with Crippen LogP contribution in [0.25, 0.3) is 0 Å². The standard InChI is InChI=1S/C20H25N3O2/c1-12-13(2)21-19(22-14(12)3)23-9-17(25)20(11-23)16(10-24)18(20)15-7-5-4-6-8-15/h4-8,16-18,24-25H,9-11H2,1-3H3/t16-,17-,18-,20-/m1/s1. The number of nitrogens with zero attached hydrogens (tertiary/aromatic N) is 3. The van der Waals surface area contributed by atoms with Crippen molar-refractivity contribution in [1.29, 1.82) is 0 Å². The molecule has 4 atom stereocenters. The molecule has 1 aliphatic heterocycles. The van der Waals surface area contributed by atoms with E-state index in [0.29, 0.717) is 19.0 Å². The minimum absolute atomic E-state index is 0.0857. The second-order valence-corrected chi connectivity index (χ2v) is 7.51. The van der Waals surface area contributed by atoms with Crippen LogP contribution in [-0.4, -0.2) is 46.0 Å². The van der Waals surface area contributed by atoms with Crippen LogP contribution in [0.5, 0.6) is 0 Å². The molecule has 0 unspecified atom stereocenters. The van der Waals surface area contributed by atoms with Crippen LogP contribution in [0.3, 0.4) is 0 Å². The van der Waals surface area contributed by atoms with Gasteiger partial charge in [0.1, 0.15) is 0 Å². The van der Waals surface area contributed by atoms with E-state index in [4.69, 9.17) is 0 Å². The van der Waals surface area contributed by atoms with E-state index in [1.165, 1.54) is 5.56 Å². The fourth-order valence-corrected chi connectivity index (χ4v) is 4.62. The first-order valence-corrected chi connectivity index (χ1v) is 8.89. The van der Waals surface area contributed by atoms with E-state index >= 15 is 0 Å². The van der Waals surface area contributed by atoms with Crippen LogP contribution in [0.1, 0.15) is 28.4 Å². The van der Waals surface area contributed by atoms with E-state index in [1.807, 2.05) is 39.0 Å². The fourth-order valence-electron chi connectivity index (χ4n) is 4.62. The summed E-state index contributed by atoms with van der Waals surface area (Å²) in [5.41, 5.74) is 3.96. The number of rotatable bonds is 3. The normalized spacial score (nSPS) is 30.9. The highest BCUT2D eigenvalue weighted by Gasteiger charge is 2.71. The molecular formula is C20H25N3O2. The molecule has 2 N–H and O–H groups in total. The third-order valence-electron chi connectivity index (χ3n) is 6.30. The van der Waals surface area contributed by atoms with Crippen LogP contribution < -0.4 is 4.90 Å². The van der Waals surface area contributed by atoms with Crippen molar-refractivity contribution in [1.82, 2.24) is 9.97 Å². The summed E-state index contributed by atoms with van der Waals surface area (Å²) in [5, 5.41) is 20.8. The van der Waals surface area contributed by atoms with Crippen molar-refractivity contribution < 1.29 is 10.2 Å². The number of hydrogen-bond donors (Lipinski definition) is 2. The Balaban J connectivity index is 1.65. The van der Waals surface area contributed by atoms with Crippen LogP contribution in [0, 0.1) is 32.1 Å². The maximum atomic E-state index is 10.9. The maximum Gasteiger partial charge on any atom is 0.225 e. The molecule has 2 aliphatic rings. The van der Waals surface area contributed by atoms with E-state index in [9.17, 15) is 10.2 Å². The lowest BCUT2D eigenvalue weighted by Gasteiger charge is -2.18. The van der Waals surface area contributed by atoms with Crippen molar-refractivity contribution in [2.24, 2.45) is 11.3 Å². The lowest BCUT2D eigenvalue weighted by Crippen LogP contribution is -2.24. The summed E-state index contributed by atoms with van der Waals surface area (Å²) in [4.78, 5) is 11.3. The molecule has 1 aromatic heterocycles. The van der Waals surface area contributed by atoms with Gasteiger partial charge in [0.05, 0.1) is 6.10 Å². The van der Waals surface area contributed by atoms with Gasteiger partial charge in [-0.3, -0.25) is 0 Å². The zero-order valence-corrected chi connectivity index (χ0v) is 15.0. The highest BCUT2D eigenvalue weighted by molar-refractivity contribution is 5.45. The van der Waals surface area contributed by atoms with Crippen molar-refractivity contribution >= 4 is 5.95 Å². The maximum absolute atomic E-state index is 10.9. The van der Waals surface area contributed by atoms with Gasteiger partial charge in [0.15, 0.2) is 0 Å². The third-order valence-corrected chi connectivity index (χ3v) is 6.30. The lowest BCUT2D eigenvalue weighted by atomic mass is 9.95. The average molecular weight is 339 g/mol. The van der Waals surface area contributed by atoms with Gasteiger partial charge in [0.25, 0.3) is 0 Å². The minimum atomic E-state index is -0.486. The van der Waals surface area contributed by atoms with Crippen LogP contribution in [0.2, 0.25) is 0 Å². The highest BCUT2D eigenvalue weighted by atomic mass is 16.3. The quantitative estimate of drug-likeness (QED) is 0.895. The van der Waals surface area contributed by atoms with Gasteiger partial charge in [-0.05, 0) is 43.7 Å². The zero-order chi connectivity index (χ0) is 17.8. The minimum Gasteiger partial charge on any atom is -0.396 e. The summed E-state index contributed by atoms with van der Waals surface area (Å²) in [6.07, 6.45) is -0.486. The average Bonchev–Trinajstić information content (AvgIpc) is 3.14. The first-order valence-electron chi connectivity index (χ1n) is 8.89. The van der Waals surface area contributed by atoms with E-state index in [-0.39, 0.29) is 23.9 Å². The van der Waals surface area contributed by atoms with Crippen molar-refractivity contribution in [2.75, 3.05) is 24.6 Å². The topological polar surface area (TPSA) is 69.5 Å². The number of hydrogen-bond acceptors (Lipinski definition) is 5. The molecule has 1 aliphatic carbocycles. The fraction of sp³-hybridized carbons (Fsp3) is 0.500. The molecule has 132 valence electrons. The summed E-state index contributed by atoms with van der Waals surface area (Å²) in [5.74, 6) is 0.959. The van der Waals surface area contributed by atoms with Crippen LogP contribution in [0.4, 0.5) is 5.95 Å². The highest BCUT2D eigenvalue weighted by Crippen LogP contribution is 2.68. The molecule has 2 aromatic rings. The molecule has 2 fully saturated rings. The number of aliphatic hydroxyl groups excluding tert-OH is 2. The van der Waals surface area contributed by atoms with E-state index in [0.717, 1.165) is 17.0 Å². The molecule has 5 nitrogen and oxygen atoms in total. The van der Waals surface area contributed by atoms with E-state index < -0.39 is 6.10 Å². The van der Waals surface area contributed by atoms with Crippen molar-refractivity contribution in [3.8, 4) is 0 Å². The van der Waals surface area contributed by atoms with E-state index in [1.54, 1.807) is 0 Å². The summed E-state index contributed by atoms with van der Waals surface area (Å²) in [7, 11) is 0. The van der Waals surface area contributed by atoms with Gasteiger partial charge >= 0.3 is 0 Å². The molecule has 1 saturated heterocycles. The Kier molecular flexibility index (Phi) is 3.81. The largest absolute Gasteiger partial charge is 0.396 e. The predicted molar refractivity (Wildman–Crippen MR) is 96.7 cm³/mol. The number of aromatic nitrogens is 2. The number of aryl methyl sites for hydroxylation is 2. The molecule has 1 saturated carbocycles. The number of anilines is 1. The molecule has 1 spiro atoms. The first kappa shape index (κ1) is 16.5. The molecule has 25 heavy (non-hydrogen) atoms. The van der Waals surface area contributed by atoms with Gasteiger partial charge in [-0.2, -0.15) is 0 Å². The van der Waals surface area contributed by atoms with Crippen LogP contribution >= 0.6 is 0 Å². The smallest absolute Gasteiger partial charge is 0.225 e. The van der Waals surface area contributed by atoms with Crippen molar-refractivity contribution in [2.45, 2.75) is 32.8 Å². The van der Waals surface area contributed by atoms with Crippen molar-refractivity contribution in [3.05, 3.63) is 52.8 Å². The summed E-state index contributed by atoms with van der Waals surface area (Å²) >= 11 is 0. The molecule has 4 rings (SSSR count).